The number of carbonyl (C=O) groups is 1. The summed E-state index contributed by atoms with van der Waals surface area (Å²) in [5.74, 6) is 1.33. The van der Waals surface area contributed by atoms with E-state index in [9.17, 15) is 4.79 Å². The lowest BCUT2D eigenvalue weighted by Crippen LogP contribution is -2.26. The number of rotatable bonds is 7. The fourth-order valence-electron chi connectivity index (χ4n) is 1.53. The van der Waals surface area contributed by atoms with Gasteiger partial charge in [0, 0.05) is 11.9 Å². The largest absolute Gasteiger partial charge is 0.493 e. The molecule has 4 nitrogen and oxygen atoms in total. The van der Waals surface area contributed by atoms with E-state index in [4.69, 9.17) is 9.47 Å². The molecule has 0 aromatic heterocycles. The van der Waals surface area contributed by atoms with Gasteiger partial charge in [-0.2, -0.15) is 0 Å². The molecule has 0 bridgehead atoms. The highest BCUT2D eigenvalue weighted by Gasteiger charge is 2.07. The van der Waals surface area contributed by atoms with E-state index in [1.807, 2.05) is 12.1 Å². The summed E-state index contributed by atoms with van der Waals surface area (Å²) in [6.45, 7) is 0.692. The van der Waals surface area contributed by atoms with E-state index < -0.39 is 0 Å². The van der Waals surface area contributed by atoms with Crippen LogP contribution >= 0.6 is 15.9 Å². The Morgan fingerprint density at radius 2 is 2.00 bits per heavy atom. The number of hydrogen-bond donors (Lipinski definition) is 1. The van der Waals surface area contributed by atoms with Gasteiger partial charge >= 0.3 is 0 Å². The van der Waals surface area contributed by atoms with Crippen LogP contribution in [0, 0.1) is 0 Å². The summed E-state index contributed by atoms with van der Waals surface area (Å²) in [5.41, 5.74) is 0.906. The van der Waals surface area contributed by atoms with Gasteiger partial charge in [0.1, 0.15) is 0 Å². The van der Waals surface area contributed by atoms with Crippen molar-refractivity contribution in [3.8, 4) is 11.5 Å². The summed E-state index contributed by atoms with van der Waals surface area (Å²) in [4.78, 5) is 11.6. The van der Waals surface area contributed by atoms with Crippen LogP contribution in [-0.2, 0) is 11.2 Å². The minimum absolute atomic E-state index is 0.0168. The highest BCUT2D eigenvalue weighted by atomic mass is 79.9. The monoisotopic (exact) mass is 315 g/mol. The Morgan fingerprint density at radius 3 is 2.61 bits per heavy atom. The van der Waals surface area contributed by atoms with Crippen LogP contribution in [0.4, 0.5) is 0 Å². The standard InChI is InChI=1S/C13H18BrNO3/c1-17-11-5-4-10(8-12(11)18-2)9-13(16)15-7-3-6-14/h4-5,8H,3,6-7,9H2,1-2H3,(H,15,16). The van der Waals surface area contributed by atoms with Crippen molar-refractivity contribution < 1.29 is 14.3 Å². The van der Waals surface area contributed by atoms with Crippen LogP contribution in [0.15, 0.2) is 18.2 Å². The SMILES string of the molecule is COc1ccc(CC(=O)NCCCBr)cc1OC. The topological polar surface area (TPSA) is 47.6 Å². The van der Waals surface area contributed by atoms with Gasteiger partial charge in [-0.25, -0.2) is 0 Å². The van der Waals surface area contributed by atoms with Crippen LogP contribution in [0.2, 0.25) is 0 Å². The smallest absolute Gasteiger partial charge is 0.224 e. The van der Waals surface area contributed by atoms with Gasteiger partial charge in [0.05, 0.1) is 20.6 Å². The van der Waals surface area contributed by atoms with Gasteiger partial charge in [-0.15, -0.1) is 0 Å². The maximum atomic E-state index is 11.6. The first-order chi connectivity index (χ1) is 8.71. The van der Waals surface area contributed by atoms with E-state index in [2.05, 4.69) is 21.2 Å². The second kappa shape index (κ2) is 7.97. The second-order valence-corrected chi connectivity index (χ2v) is 4.55. The van der Waals surface area contributed by atoms with Gasteiger partial charge < -0.3 is 14.8 Å². The predicted octanol–water partition coefficient (Wildman–Crippen LogP) is 2.15. The molecule has 0 spiro atoms. The van der Waals surface area contributed by atoms with Crippen molar-refractivity contribution >= 4 is 21.8 Å². The first kappa shape index (κ1) is 14.8. The minimum atomic E-state index is 0.0168. The quantitative estimate of drug-likeness (QED) is 0.619. The minimum Gasteiger partial charge on any atom is -0.493 e. The lowest BCUT2D eigenvalue weighted by Gasteiger charge is -2.09. The molecule has 5 heteroatoms. The second-order valence-electron chi connectivity index (χ2n) is 3.76. The molecule has 0 heterocycles. The van der Waals surface area contributed by atoms with Crippen LogP contribution in [-0.4, -0.2) is 32.0 Å². The molecular formula is C13H18BrNO3. The molecule has 1 rings (SSSR count). The Morgan fingerprint density at radius 1 is 1.28 bits per heavy atom. The highest BCUT2D eigenvalue weighted by molar-refractivity contribution is 9.09. The van der Waals surface area contributed by atoms with E-state index in [-0.39, 0.29) is 5.91 Å². The fraction of sp³-hybridized carbons (Fsp3) is 0.462. The average molecular weight is 316 g/mol. The van der Waals surface area contributed by atoms with Crippen molar-refractivity contribution in [1.29, 1.82) is 0 Å². The molecule has 0 atom stereocenters. The van der Waals surface area contributed by atoms with E-state index in [0.29, 0.717) is 24.5 Å². The predicted molar refractivity (Wildman–Crippen MR) is 74.7 cm³/mol. The van der Waals surface area contributed by atoms with Crippen LogP contribution < -0.4 is 14.8 Å². The lowest BCUT2D eigenvalue weighted by molar-refractivity contribution is -0.120. The average Bonchev–Trinajstić information content (AvgIpc) is 2.39. The molecule has 0 radical (unpaired) electrons. The molecule has 1 N–H and O–H groups in total. The number of alkyl halides is 1. The molecule has 1 aromatic carbocycles. The Bertz CT molecular complexity index is 396. The number of benzene rings is 1. The third-order valence-electron chi connectivity index (χ3n) is 2.45. The lowest BCUT2D eigenvalue weighted by atomic mass is 10.1. The first-order valence-electron chi connectivity index (χ1n) is 5.74. The molecule has 0 aliphatic rings. The van der Waals surface area contributed by atoms with Gasteiger partial charge in [-0.05, 0) is 24.1 Å². The summed E-state index contributed by atoms with van der Waals surface area (Å²) >= 11 is 3.32. The molecule has 1 aromatic rings. The number of amides is 1. The number of carbonyl (C=O) groups excluding carboxylic acids is 1. The normalized spacial score (nSPS) is 9.94. The van der Waals surface area contributed by atoms with Gasteiger partial charge in [0.15, 0.2) is 11.5 Å². The summed E-state index contributed by atoms with van der Waals surface area (Å²) in [7, 11) is 3.17. The zero-order valence-electron chi connectivity index (χ0n) is 10.7. The van der Waals surface area contributed by atoms with Crippen molar-refractivity contribution in [1.82, 2.24) is 5.32 Å². The van der Waals surface area contributed by atoms with Crippen LogP contribution in [0.1, 0.15) is 12.0 Å². The van der Waals surface area contributed by atoms with Crippen molar-refractivity contribution in [2.75, 3.05) is 26.1 Å². The summed E-state index contributed by atoms with van der Waals surface area (Å²) in [6, 6.07) is 5.49. The molecule has 0 aliphatic carbocycles. The Hall–Kier alpha value is -1.23. The van der Waals surface area contributed by atoms with E-state index >= 15 is 0 Å². The number of ether oxygens (including phenoxy) is 2. The molecule has 1 amide bonds. The number of halogens is 1. The zero-order chi connectivity index (χ0) is 13.4. The summed E-state index contributed by atoms with van der Waals surface area (Å²) < 4.78 is 10.3. The third kappa shape index (κ3) is 4.56. The highest BCUT2D eigenvalue weighted by Crippen LogP contribution is 2.27. The van der Waals surface area contributed by atoms with E-state index in [1.54, 1.807) is 20.3 Å². The van der Waals surface area contributed by atoms with Crippen LogP contribution in [0.3, 0.4) is 0 Å². The Kier molecular flexibility index (Phi) is 6.57. The molecule has 0 saturated heterocycles. The van der Waals surface area contributed by atoms with Crippen molar-refractivity contribution in [3.63, 3.8) is 0 Å². The number of methoxy groups -OCH3 is 2. The zero-order valence-corrected chi connectivity index (χ0v) is 12.2. The van der Waals surface area contributed by atoms with Gasteiger partial charge in [-0.1, -0.05) is 22.0 Å². The van der Waals surface area contributed by atoms with Crippen molar-refractivity contribution in [2.45, 2.75) is 12.8 Å². The summed E-state index contributed by atoms with van der Waals surface area (Å²) in [6.07, 6.45) is 1.28. The van der Waals surface area contributed by atoms with E-state index in [0.717, 1.165) is 17.3 Å². The molecule has 18 heavy (non-hydrogen) atoms. The molecule has 0 saturated carbocycles. The van der Waals surface area contributed by atoms with Gasteiger partial charge in [0.2, 0.25) is 5.91 Å². The van der Waals surface area contributed by atoms with Crippen LogP contribution in [0.25, 0.3) is 0 Å². The molecule has 0 fully saturated rings. The Balaban J connectivity index is 2.59. The van der Waals surface area contributed by atoms with Gasteiger partial charge in [-0.3, -0.25) is 4.79 Å². The molecule has 0 aliphatic heterocycles. The van der Waals surface area contributed by atoms with Crippen LogP contribution in [0.5, 0.6) is 11.5 Å². The molecule has 100 valence electrons. The molecule has 0 unspecified atom stereocenters. The fourth-order valence-corrected chi connectivity index (χ4v) is 1.81. The van der Waals surface area contributed by atoms with Gasteiger partial charge in [0.25, 0.3) is 0 Å². The maximum Gasteiger partial charge on any atom is 0.224 e. The van der Waals surface area contributed by atoms with E-state index in [1.165, 1.54) is 0 Å². The number of hydrogen-bond acceptors (Lipinski definition) is 3. The first-order valence-corrected chi connectivity index (χ1v) is 6.87. The van der Waals surface area contributed by atoms with Crippen molar-refractivity contribution in [3.05, 3.63) is 23.8 Å². The summed E-state index contributed by atoms with van der Waals surface area (Å²) in [5, 5.41) is 3.75. The Labute approximate surface area is 116 Å². The number of nitrogens with one attached hydrogen (secondary N) is 1. The maximum absolute atomic E-state index is 11.6. The third-order valence-corrected chi connectivity index (χ3v) is 3.01. The molecular weight excluding hydrogens is 298 g/mol. The van der Waals surface area contributed by atoms with Crippen molar-refractivity contribution in [2.24, 2.45) is 0 Å².